The third-order valence-electron chi connectivity index (χ3n) is 7.28. The number of carbonyl (C=O) groups excluding carboxylic acids is 1. The molecule has 2 aliphatic heterocycles. The quantitative estimate of drug-likeness (QED) is 0.300. The Morgan fingerprint density at radius 3 is 2.76 bits per heavy atom. The van der Waals surface area contributed by atoms with Crippen LogP contribution in [0.15, 0.2) is 53.4 Å². The van der Waals surface area contributed by atoms with Crippen molar-refractivity contribution in [2.45, 2.75) is 56.1 Å². The van der Waals surface area contributed by atoms with Crippen molar-refractivity contribution >= 4 is 42.8 Å². The van der Waals surface area contributed by atoms with Gasteiger partial charge in [-0.05, 0) is 42.5 Å². The standard InChI is InChI=1S/C28H36N4O7S2/c1-17(2)14-32(41(35,36)19-8-9-25-22(13-19)30-27(29)40-25)15-23(33)21(12-18-6-4-3-5-7-18)31-28(34)39-24-16-38-26-20(24)10-11-37-26/h3-9,13,17,20-21,23-24,26,33H,10-12,14-16H2,1-2H3,(H2,29,30)(H,31,34)/t20?,21-,23+,24?,26?/m0/s1. The van der Waals surface area contributed by atoms with Gasteiger partial charge in [0.1, 0.15) is 6.10 Å². The fraction of sp³-hybridized carbons (Fsp3) is 0.500. The van der Waals surface area contributed by atoms with Crippen LogP contribution in [0.4, 0.5) is 9.93 Å². The first-order valence-electron chi connectivity index (χ1n) is 13.7. The Morgan fingerprint density at radius 2 is 2.00 bits per heavy atom. The van der Waals surface area contributed by atoms with Crippen molar-refractivity contribution in [2.24, 2.45) is 11.8 Å². The maximum absolute atomic E-state index is 13.8. The van der Waals surface area contributed by atoms with Crippen LogP contribution in [0, 0.1) is 11.8 Å². The Balaban J connectivity index is 1.35. The van der Waals surface area contributed by atoms with Gasteiger partial charge in [0.15, 0.2) is 11.4 Å². The summed E-state index contributed by atoms with van der Waals surface area (Å²) in [5, 5.41) is 14.6. The number of aromatic nitrogens is 1. The van der Waals surface area contributed by atoms with E-state index in [9.17, 15) is 18.3 Å². The van der Waals surface area contributed by atoms with E-state index in [0.29, 0.717) is 17.3 Å². The lowest BCUT2D eigenvalue weighted by atomic mass is 10.0. The molecule has 3 heterocycles. The van der Waals surface area contributed by atoms with Crippen LogP contribution in [-0.2, 0) is 30.7 Å². The van der Waals surface area contributed by atoms with Gasteiger partial charge in [-0.1, -0.05) is 55.5 Å². The second kappa shape index (κ2) is 12.6. The molecule has 11 nitrogen and oxygen atoms in total. The van der Waals surface area contributed by atoms with E-state index in [4.69, 9.17) is 19.9 Å². The highest BCUT2D eigenvalue weighted by atomic mass is 32.2. The minimum Gasteiger partial charge on any atom is -0.443 e. The van der Waals surface area contributed by atoms with E-state index < -0.39 is 34.4 Å². The normalized spacial score (nSPS) is 22.2. The molecule has 41 heavy (non-hydrogen) atoms. The van der Waals surface area contributed by atoms with Crippen molar-refractivity contribution in [2.75, 3.05) is 32.0 Å². The summed E-state index contributed by atoms with van der Waals surface area (Å²) in [6.07, 6.45) is -1.75. The molecular weight excluding hydrogens is 568 g/mol. The van der Waals surface area contributed by atoms with Crippen LogP contribution in [0.25, 0.3) is 10.2 Å². The Morgan fingerprint density at radius 1 is 1.22 bits per heavy atom. The summed E-state index contributed by atoms with van der Waals surface area (Å²) in [6.45, 7) is 4.53. The summed E-state index contributed by atoms with van der Waals surface area (Å²) in [5.41, 5.74) is 7.18. The van der Waals surface area contributed by atoms with Gasteiger partial charge in [-0.3, -0.25) is 0 Å². The first-order chi connectivity index (χ1) is 19.6. The summed E-state index contributed by atoms with van der Waals surface area (Å²) in [4.78, 5) is 17.3. The molecule has 0 radical (unpaired) electrons. The third kappa shape index (κ3) is 6.99. The molecule has 2 saturated heterocycles. The van der Waals surface area contributed by atoms with Crippen molar-refractivity contribution in [1.29, 1.82) is 0 Å². The van der Waals surface area contributed by atoms with Crippen LogP contribution in [0.5, 0.6) is 0 Å². The number of nitrogens with one attached hydrogen (secondary N) is 1. The molecule has 5 atom stereocenters. The predicted octanol–water partition coefficient (Wildman–Crippen LogP) is 2.99. The molecule has 0 saturated carbocycles. The monoisotopic (exact) mass is 604 g/mol. The number of fused-ring (bicyclic) bond motifs is 2. The molecular formula is C28H36N4O7S2. The number of ether oxygens (including phenoxy) is 3. The van der Waals surface area contributed by atoms with E-state index in [-0.39, 0.29) is 49.1 Å². The van der Waals surface area contributed by atoms with Crippen LogP contribution in [-0.4, -0.2) is 79.7 Å². The number of alkyl carbamates (subject to hydrolysis) is 1. The second-order valence-electron chi connectivity index (χ2n) is 10.9. The lowest BCUT2D eigenvalue weighted by molar-refractivity contribution is -0.0907. The van der Waals surface area contributed by atoms with Crippen LogP contribution in [0.3, 0.4) is 0 Å². The van der Waals surface area contributed by atoms with Crippen molar-refractivity contribution in [3.8, 4) is 0 Å². The van der Waals surface area contributed by atoms with Gasteiger partial charge in [-0.15, -0.1) is 0 Å². The molecule has 4 N–H and O–H groups in total. The Bertz CT molecular complexity index is 1450. The number of thiazole rings is 1. The maximum Gasteiger partial charge on any atom is 0.407 e. The molecule has 1 amide bonds. The maximum atomic E-state index is 13.8. The van der Waals surface area contributed by atoms with Crippen molar-refractivity contribution in [1.82, 2.24) is 14.6 Å². The molecule has 2 fully saturated rings. The molecule has 2 aliphatic rings. The van der Waals surface area contributed by atoms with E-state index in [1.807, 2.05) is 44.2 Å². The van der Waals surface area contributed by atoms with Crippen LogP contribution < -0.4 is 11.1 Å². The minimum atomic E-state index is -4.01. The molecule has 5 rings (SSSR count). The van der Waals surface area contributed by atoms with Crippen molar-refractivity contribution < 1.29 is 32.5 Å². The topological polar surface area (TPSA) is 153 Å². The number of nitrogens with zero attached hydrogens (tertiary/aromatic N) is 2. The summed E-state index contributed by atoms with van der Waals surface area (Å²) in [6, 6.07) is 13.3. The number of rotatable bonds is 11. The molecule has 1 aromatic heterocycles. The third-order valence-corrected chi connectivity index (χ3v) is 9.98. The summed E-state index contributed by atoms with van der Waals surface area (Å²) in [7, 11) is -4.01. The molecule has 3 unspecified atom stereocenters. The number of hydrogen-bond donors (Lipinski definition) is 3. The van der Waals surface area contributed by atoms with E-state index >= 15 is 0 Å². The fourth-order valence-electron chi connectivity index (χ4n) is 5.27. The average molecular weight is 605 g/mol. The SMILES string of the molecule is CC(C)CN(C[C@@H](O)[C@H](Cc1ccccc1)NC(=O)OC1COC2OCCC12)S(=O)(=O)c1ccc2sc(N)nc2c1. The number of benzene rings is 2. The zero-order valence-electron chi connectivity index (χ0n) is 23.0. The molecule has 2 aromatic carbocycles. The molecule has 0 spiro atoms. The first kappa shape index (κ1) is 29.7. The average Bonchev–Trinajstić information content (AvgIpc) is 3.64. The predicted molar refractivity (Wildman–Crippen MR) is 155 cm³/mol. The summed E-state index contributed by atoms with van der Waals surface area (Å²) in [5.74, 6) is -0.0552. The molecule has 3 aromatic rings. The number of amides is 1. The summed E-state index contributed by atoms with van der Waals surface area (Å²) >= 11 is 1.28. The molecule has 0 bridgehead atoms. The summed E-state index contributed by atoms with van der Waals surface area (Å²) < 4.78 is 46.4. The number of carbonyl (C=O) groups is 1. The van der Waals surface area contributed by atoms with Gasteiger partial charge in [0.2, 0.25) is 10.0 Å². The van der Waals surface area contributed by atoms with Crippen molar-refractivity contribution in [3.05, 3.63) is 54.1 Å². The highest BCUT2D eigenvalue weighted by Crippen LogP contribution is 2.33. The van der Waals surface area contributed by atoms with Crippen molar-refractivity contribution in [3.63, 3.8) is 0 Å². The zero-order valence-corrected chi connectivity index (χ0v) is 24.6. The van der Waals surface area contributed by atoms with E-state index in [1.165, 1.54) is 27.8 Å². The van der Waals surface area contributed by atoms with Crippen LogP contribution in [0.1, 0.15) is 25.8 Å². The van der Waals surface area contributed by atoms with E-state index in [0.717, 1.165) is 16.7 Å². The largest absolute Gasteiger partial charge is 0.443 e. The lowest BCUT2D eigenvalue weighted by Gasteiger charge is -2.31. The zero-order chi connectivity index (χ0) is 29.1. The fourth-order valence-corrected chi connectivity index (χ4v) is 7.63. The smallest absolute Gasteiger partial charge is 0.407 e. The van der Waals surface area contributed by atoms with Gasteiger partial charge < -0.3 is 30.4 Å². The Labute approximate surface area is 243 Å². The molecule has 0 aliphatic carbocycles. The van der Waals surface area contributed by atoms with Crippen LogP contribution >= 0.6 is 11.3 Å². The lowest BCUT2D eigenvalue weighted by Crippen LogP contribution is -2.51. The number of nitrogen functional groups attached to an aromatic ring is 1. The van der Waals surface area contributed by atoms with Gasteiger partial charge in [-0.25, -0.2) is 18.2 Å². The van der Waals surface area contributed by atoms with Gasteiger partial charge >= 0.3 is 6.09 Å². The highest BCUT2D eigenvalue weighted by molar-refractivity contribution is 7.89. The van der Waals surface area contributed by atoms with E-state index in [2.05, 4.69) is 10.3 Å². The van der Waals surface area contributed by atoms with Gasteiger partial charge in [0, 0.05) is 13.1 Å². The first-order valence-corrected chi connectivity index (χ1v) is 15.9. The Kier molecular flexibility index (Phi) is 9.12. The van der Waals surface area contributed by atoms with Gasteiger partial charge in [-0.2, -0.15) is 4.31 Å². The second-order valence-corrected chi connectivity index (χ2v) is 13.9. The number of hydrogen-bond acceptors (Lipinski definition) is 10. The number of anilines is 1. The minimum absolute atomic E-state index is 0.0231. The van der Waals surface area contributed by atoms with Crippen LogP contribution in [0.2, 0.25) is 0 Å². The number of aliphatic hydroxyl groups is 1. The van der Waals surface area contributed by atoms with Gasteiger partial charge in [0.05, 0.1) is 46.4 Å². The molecule has 222 valence electrons. The highest BCUT2D eigenvalue weighted by Gasteiger charge is 2.44. The number of aliphatic hydroxyl groups excluding tert-OH is 1. The molecule has 13 heteroatoms. The number of sulfonamides is 1. The van der Waals surface area contributed by atoms with Gasteiger partial charge in [0.25, 0.3) is 0 Å². The number of nitrogens with two attached hydrogens (primary N) is 1. The van der Waals surface area contributed by atoms with E-state index in [1.54, 1.807) is 6.07 Å². The Hall–Kier alpha value is -2.81.